The van der Waals surface area contributed by atoms with Crippen LogP contribution in [-0.2, 0) is 4.79 Å². The first-order valence-electron chi connectivity index (χ1n) is 8.67. The Morgan fingerprint density at radius 3 is 2.63 bits per heavy atom. The minimum Gasteiger partial charge on any atom is -0.494 e. The molecule has 1 aromatic heterocycles. The number of hydrogen-bond donors (Lipinski definition) is 2. The van der Waals surface area contributed by atoms with Crippen LogP contribution in [0.25, 0.3) is 11.0 Å². The van der Waals surface area contributed by atoms with Crippen LogP contribution in [0.1, 0.15) is 31.1 Å². The zero-order valence-corrected chi connectivity index (χ0v) is 16.2. The third kappa shape index (κ3) is 4.68. The van der Waals surface area contributed by atoms with Crippen LogP contribution in [0.2, 0.25) is 0 Å². The van der Waals surface area contributed by atoms with E-state index in [4.69, 9.17) is 4.74 Å². The van der Waals surface area contributed by atoms with E-state index in [1.165, 1.54) is 18.7 Å². The Bertz CT molecular complexity index is 966. The summed E-state index contributed by atoms with van der Waals surface area (Å²) < 4.78 is 5.49. The van der Waals surface area contributed by atoms with Gasteiger partial charge in [0.25, 0.3) is 0 Å². The molecule has 0 spiro atoms. The van der Waals surface area contributed by atoms with E-state index < -0.39 is 0 Å². The number of nitrogens with one attached hydrogen (secondary N) is 2. The van der Waals surface area contributed by atoms with Gasteiger partial charge in [-0.05, 0) is 57.2 Å². The molecule has 0 aliphatic heterocycles. The Morgan fingerprint density at radius 2 is 1.96 bits per heavy atom. The van der Waals surface area contributed by atoms with Gasteiger partial charge in [-0.1, -0.05) is 11.8 Å². The molecule has 0 bridgehead atoms. The Kier molecular flexibility index (Phi) is 5.81. The molecule has 0 saturated heterocycles. The second kappa shape index (κ2) is 8.26. The van der Waals surface area contributed by atoms with Gasteiger partial charge in [0.05, 0.1) is 22.9 Å². The predicted molar refractivity (Wildman–Crippen MR) is 108 cm³/mol. The first-order chi connectivity index (χ1) is 13.0. The van der Waals surface area contributed by atoms with Crippen LogP contribution in [0.3, 0.4) is 0 Å². The summed E-state index contributed by atoms with van der Waals surface area (Å²) in [5.41, 5.74) is 2.97. The molecule has 1 heterocycles. The third-order valence-electron chi connectivity index (χ3n) is 3.96. The van der Waals surface area contributed by atoms with Gasteiger partial charge in [0.2, 0.25) is 5.91 Å². The number of aromatic nitrogens is 2. The van der Waals surface area contributed by atoms with E-state index >= 15 is 0 Å². The fourth-order valence-electron chi connectivity index (χ4n) is 2.53. The largest absolute Gasteiger partial charge is 0.494 e. The van der Waals surface area contributed by atoms with Crippen molar-refractivity contribution >= 4 is 40.2 Å². The second-order valence-electron chi connectivity index (χ2n) is 6.04. The lowest BCUT2D eigenvalue weighted by Gasteiger charge is -2.10. The molecule has 3 rings (SSSR count). The number of fused-ring (bicyclic) bond motifs is 1. The van der Waals surface area contributed by atoms with Crippen LogP contribution < -0.4 is 10.1 Å². The molecule has 0 radical (unpaired) electrons. The van der Waals surface area contributed by atoms with E-state index in [2.05, 4.69) is 15.3 Å². The van der Waals surface area contributed by atoms with Gasteiger partial charge in [0, 0.05) is 17.3 Å². The summed E-state index contributed by atoms with van der Waals surface area (Å²) >= 11 is 1.35. The molecule has 2 N–H and O–H groups in total. The molecule has 1 unspecified atom stereocenters. The number of carbonyl (C=O) groups is 2. The van der Waals surface area contributed by atoms with Crippen LogP contribution in [-0.4, -0.2) is 33.5 Å². The van der Waals surface area contributed by atoms with Crippen LogP contribution in [0, 0.1) is 0 Å². The van der Waals surface area contributed by atoms with Crippen molar-refractivity contribution in [2.24, 2.45) is 0 Å². The average molecular weight is 383 g/mol. The standard InChI is InChI=1S/C20H21N3O3S/c1-4-26-16-9-10-17-18(11-16)23-20(22-17)27-13(3)19(25)21-15-7-5-14(6-8-15)12(2)24/h5-11,13H,4H2,1-3H3,(H,21,25)(H,22,23). The average Bonchev–Trinajstić information content (AvgIpc) is 3.03. The molecule has 140 valence electrons. The van der Waals surface area contributed by atoms with E-state index in [1.54, 1.807) is 24.3 Å². The molecular weight excluding hydrogens is 362 g/mol. The summed E-state index contributed by atoms with van der Waals surface area (Å²) in [6, 6.07) is 12.5. The molecule has 0 saturated carbocycles. The number of carbonyl (C=O) groups excluding carboxylic acids is 2. The number of amides is 1. The zero-order chi connectivity index (χ0) is 19.4. The number of ketones is 1. The summed E-state index contributed by atoms with van der Waals surface area (Å²) in [6.45, 7) is 5.87. The SMILES string of the molecule is CCOc1ccc2nc(SC(C)C(=O)Nc3ccc(C(C)=O)cc3)[nH]c2c1. The summed E-state index contributed by atoms with van der Waals surface area (Å²) in [5.74, 6) is 0.644. The predicted octanol–water partition coefficient (Wildman–Crippen LogP) is 4.28. The van der Waals surface area contributed by atoms with Gasteiger partial charge < -0.3 is 15.0 Å². The highest BCUT2D eigenvalue weighted by Gasteiger charge is 2.17. The lowest BCUT2D eigenvalue weighted by Crippen LogP contribution is -2.22. The van der Waals surface area contributed by atoms with Crippen molar-refractivity contribution in [2.75, 3.05) is 11.9 Å². The van der Waals surface area contributed by atoms with Crippen molar-refractivity contribution < 1.29 is 14.3 Å². The first kappa shape index (κ1) is 19.0. The summed E-state index contributed by atoms with van der Waals surface area (Å²) in [5, 5.41) is 3.19. The number of ether oxygens (including phenoxy) is 1. The third-order valence-corrected chi connectivity index (χ3v) is 4.94. The van der Waals surface area contributed by atoms with Crippen molar-refractivity contribution in [3.8, 4) is 5.75 Å². The van der Waals surface area contributed by atoms with Crippen molar-refractivity contribution in [3.63, 3.8) is 0 Å². The Hall–Kier alpha value is -2.80. The molecule has 0 aliphatic rings. The zero-order valence-electron chi connectivity index (χ0n) is 15.4. The number of H-pyrrole nitrogens is 1. The number of Topliss-reactive ketones (excluding diaryl/α,β-unsaturated/α-hetero) is 1. The van der Waals surface area contributed by atoms with Crippen molar-refractivity contribution in [2.45, 2.75) is 31.2 Å². The van der Waals surface area contributed by atoms with Gasteiger partial charge in [-0.15, -0.1) is 0 Å². The number of anilines is 1. The lowest BCUT2D eigenvalue weighted by molar-refractivity contribution is -0.115. The summed E-state index contributed by atoms with van der Waals surface area (Å²) in [4.78, 5) is 31.5. The second-order valence-corrected chi connectivity index (χ2v) is 7.37. The molecule has 6 nitrogen and oxygen atoms in total. The smallest absolute Gasteiger partial charge is 0.237 e. The number of thioether (sulfide) groups is 1. The quantitative estimate of drug-likeness (QED) is 0.470. The maximum absolute atomic E-state index is 12.4. The van der Waals surface area contributed by atoms with E-state index in [0.29, 0.717) is 23.0 Å². The normalized spacial score (nSPS) is 12.0. The van der Waals surface area contributed by atoms with Crippen LogP contribution in [0.15, 0.2) is 47.6 Å². The maximum Gasteiger partial charge on any atom is 0.237 e. The van der Waals surface area contributed by atoms with E-state index in [1.807, 2.05) is 32.0 Å². The van der Waals surface area contributed by atoms with Gasteiger partial charge in [-0.3, -0.25) is 9.59 Å². The number of hydrogen-bond acceptors (Lipinski definition) is 5. The van der Waals surface area contributed by atoms with Gasteiger partial charge >= 0.3 is 0 Å². The summed E-state index contributed by atoms with van der Waals surface area (Å²) in [7, 11) is 0. The fourth-order valence-corrected chi connectivity index (χ4v) is 3.35. The molecule has 2 aromatic carbocycles. The van der Waals surface area contributed by atoms with Gasteiger partial charge in [0.1, 0.15) is 5.75 Å². The molecule has 3 aromatic rings. The summed E-state index contributed by atoms with van der Waals surface area (Å²) in [6.07, 6.45) is 0. The highest BCUT2D eigenvalue weighted by atomic mass is 32.2. The fraction of sp³-hybridized carbons (Fsp3) is 0.250. The van der Waals surface area contributed by atoms with E-state index in [9.17, 15) is 9.59 Å². The molecule has 1 amide bonds. The van der Waals surface area contributed by atoms with Gasteiger partial charge in [0.15, 0.2) is 10.9 Å². The van der Waals surface area contributed by atoms with Gasteiger partial charge in [-0.25, -0.2) is 4.98 Å². The number of benzene rings is 2. The van der Waals surface area contributed by atoms with Gasteiger partial charge in [-0.2, -0.15) is 0 Å². The van der Waals surface area contributed by atoms with E-state index in [0.717, 1.165) is 16.8 Å². The lowest BCUT2D eigenvalue weighted by atomic mass is 10.1. The number of aromatic amines is 1. The number of rotatable bonds is 7. The Labute approximate surface area is 161 Å². The van der Waals surface area contributed by atoms with Crippen molar-refractivity contribution in [3.05, 3.63) is 48.0 Å². The van der Waals surface area contributed by atoms with Crippen molar-refractivity contribution in [1.82, 2.24) is 9.97 Å². The molecule has 7 heteroatoms. The minimum absolute atomic E-state index is 0.00539. The van der Waals surface area contributed by atoms with E-state index in [-0.39, 0.29) is 16.9 Å². The highest BCUT2D eigenvalue weighted by Crippen LogP contribution is 2.26. The van der Waals surface area contributed by atoms with Crippen LogP contribution in [0.5, 0.6) is 5.75 Å². The monoisotopic (exact) mass is 383 g/mol. The topological polar surface area (TPSA) is 84.1 Å². The Balaban J connectivity index is 1.65. The molecule has 0 aliphatic carbocycles. The molecule has 0 fully saturated rings. The minimum atomic E-state index is -0.343. The number of nitrogens with zero attached hydrogens (tertiary/aromatic N) is 1. The molecule has 27 heavy (non-hydrogen) atoms. The van der Waals surface area contributed by atoms with Crippen LogP contribution >= 0.6 is 11.8 Å². The Morgan fingerprint density at radius 1 is 1.22 bits per heavy atom. The molecular formula is C20H21N3O3S. The highest BCUT2D eigenvalue weighted by molar-refractivity contribution is 8.00. The maximum atomic E-state index is 12.4. The molecule has 1 atom stereocenters. The number of imidazole rings is 1. The first-order valence-corrected chi connectivity index (χ1v) is 9.55. The van der Waals surface area contributed by atoms with Crippen molar-refractivity contribution in [1.29, 1.82) is 0 Å². The van der Waals surface area contributed by atoms with Crippen LogP contribution in [0.4, 0.5) is 5.69 Å².